The maximum atomic E-state index is 14.4. The fourth-order valence-corrected chi connectivity index (χ4v) is 10.4. The topological polar surface area (TPSA) is 206 Å². The van der Waals surface area contributed by atoms with Crippen molar-refractivity contribution in [2.75, 3.05) is 37.7 Å². The number of thiazole rings is 1. The lowest BCUT2D eigenvalue weighted by Crippen LogP contribution is -2.71. The molecule has 3 aromatic carbocycles. The minimum absolute atomic E-state index is 0.0163. The molecule has 15 nitrogen and oxygen atoms in total. The van der Waals surface area contributed by atoms with Crippen LogP contribution in [0.25, 0.3) is 0 Å². The van der Waals surface area contributed by atoms with Crippen LogP contribution in [-0.2, 0) is 39.1 Å². The number of fused-ring (bicyclic) bond motifs is 1. The predicted molar refractivity (Wildman–Crippen MR) is 238 cm³/mol. The largest absolute Gasteiger partial charge is 0.477 e. The molecule has 0 bridgehead atoms. The number of oxime groups is 1. The Kier molecular flexibility index (Phi) is 12.9. The zero-order valence-electron chi connectivity index (χ0n) is 34.1. The molecule has 8 rings (SSSR count). The number of thioether (sulfide) groups is 1. The van der Waals surface area contributed by atoms with E-state index in [-0.39, 0.29) is 65.0 Å². The number of likely N-dealkylation sites (tertiary alicyclic amines) is 1. The van der Waals surface area contributed by atoms with Crippen LogP contribution in [-0.4, -0.2) is 105 Å². The average molecular weight is 888 g/mol. The zero-order chi connectivity index (χ0) is 44.1. The van der Waals surface area contributed by atoms with Crippen molar-refractivity contribution >= 4 is 63.6 Å². The van der Waals surface area contributed by atoms with E-state index in [4.69, 9.17) is 15.3 Å². The Labute approximate surface area is 371 Å². The standard InChI is InChI=1S/C46H45N7O8S2/c1-2-24-60-44(59)38(28-18-21-48-22-19-28)52-23-20-29(40(52)55)25-30-26-62-42-36(41(56)53(42)37(30)43(57)58)50-39(54)35(34-27-63-45(47)49-34)51-61-46(31-12-6-3-7-13-31,32-14-8-4-9-15-32)33-16-10-5-11-17-33/h2-17,25,27-28,36,38,42,48H,1,18-24,26H2,(H2,47,49)(H,50,54)(H,57,58)/t36-,38?,42-/m1/s1. The van der Waals surface area contributed by atoms with E-state index in [1.165, 1.54) is 28.8 Å². The van der Waals surface area contributed by atoms with E-state index in [0.29, 0.717) is 31.5 Å². The molecule has 17 heteroatoms. The van der Waals surface area contributed by atoms with Gasteiger partial charge in [0, 0.05) is 39.9 Å². The molecule has 0 radical (unpaired) electrons. The van der Waals surface area contributed by atoms with Gasteiger partial charge >= 0.3 is 11.9 Å². The number of nitrogens with zero attached hydrogens (tertiary/aromatic N) is 4. The summed E-state index contributed by atoms with van der Waals surface area (Å²) in [6.45, 7) is 5.31. The molecule has 5 heterocycles. The van der Waals surface area contributed by atoms with Crippen LogP contribution in [0.1, 0.15) is 41.6 Å². The molecule has 1 unspecified atom stereocenters. The van der Waals surface area contributed by atoms with Gasteiger partial charge in [-0.15, -0.1) is 23.1 Å². The number of hydrogen-bond acceptors (Lipinski definition) is 13. The van der Waals surface area contributed by atoms with E-state index in [1.54, 1.807) is 5.38 Å². The van der Waals surface area contributed by atoms with Crippen LogP contribution in [0.3, 0.4) is 0 Å². The summed E-state index contributed by atoms with van der Waals surface area (Å²) >= 11 is 2.35. The number of β-lactam (4-membered cyclic amide) rings is 1. The SMILES string of the molecule is C=CCOC(=O)C(C1CCNCC1)N1CCC(=CC2=C(C(=O)O)N3C(=O)[C@@H](NC(=O)C(=NOC(c4ccccc4)(c4ccccc4)c4ccccc4)c4csc(N)n4)[C@H]3SC2)C1=O. The number of carbonyl (C=O) groups excluding carboxylic acids is 4. The van der Waals surface area contributed by atoms with E-state index in [1.807, 2.05) is 91.0 Å². The van der Waals surface area contributed by atoms with Gasteiger partial charge in [-0.05, 0) is 49.9 Å². The fraction of sp³-hybridized carbons (Fsp3) is 0.283. The second-order valence-electron chi connectivity index (χ2n) is 15.3. The van der Waals surface area contributed by atoms with Crippen molar-refractivity contribution in [3.05, 3.63) is 154 Å². The Hall–Kier alpha value is -6.56. The number of ether oxygens (including phenoxy) is 1. The van der Waals surface area contributed by atoms with E-state index in [9.17, 15) is 29.1 Å². The Balaban J connectivity index is 1.06. The van der Waals surface area contributed by atoms with Crippen LogP contribution >= 0.6 is 23.1 Å². The average Bonchev–Trinajstić information content (AvgIpc) is 3.91. The summed E-state index contributed by atoms with van der Waals surface area (Å²) in [4.78, 5) is 82.0. The lowest BCUT2D eigenvalue weighted by Gasteiger charge is -2.49. The van der Waals surface area contributed by atoms with Gasteiger partial charge in [-0.25, -0.2) is 14.6 Å². The highest BCUT2D eigenvalue weighted by Crippen LogP contribution is 2.43. The summed E-state index contributed by atoms with van der Waals surface area (Å²) in [7, 11) is 0. The first kappa shape index (κ1) is 43.1. The molecule has 0 saturated carbocycles. The van der Waals surface area contributed by atoms with Crippen LogP contribution in [0.4, 0.5) is 5.13 Å². The van der Waals surface area contributed by atoms with Gasteiger partial charge in [-0.3, -0.25) is 19.3 Å². The first-order valence-electron chi connectivity index (χ1n) is 20.5. The number of rotatable bonds is 15. The summed E-state index contributed by atoms with van der Waals surface area (Å²) in [5.41, 5.74) is 7.06. The lowest BCUT2D eigenvalue weighted by molar-refractivity contribution is -0.155. The zero-order valence-corrected chi connectivity index (χ0v) is 35.7. The molecule has 3 saturated heterocycles. The third-order valence-corrected chi connectivity index (χ3v) is 13.5. The number of nitrogens with two attached hydrogens (primary N) is 1. The van der Waals surface area contributed by atoms with Gasteiger partial charge in [0.25, 0.3) is 17.7 Å². The number of anilines is 1. The van der Waals surface area contributed by atoms with E-state index < -0.39 is 46.8 Å². The maximum absolute atomic E-state index is 14.4. The second-order valence-corrected chi connectivity index (χ2v) is 17.3. The number of carboxylic acid groups (broad SMARTS) is 1. The van der Waals surface area contributed by atoms with Crippen LogP contribution in [0.5, 0.6) is 0 Å². The molecular weight excluding hydrogens is 843 g/mol. The molecule has 63 heavy (non-hydrogen) atoms. The van der Waals surface area contributed by atoms with Crippen molar-refractivity contribution in [1.29, 1.82) is 0 Å². The van der Waals surface area contributed by atoms with Crippen LogP contribution in [0, 0.1) is 5.92 Å². The van der Waals surface area contributed by atoms with E-state index in [2.05, 4.69) is 27.4 Å². The second kappa shape index (κ2) is 18.8. The Morgan fingerprint density at radius 2 is 1.62 bits per heavy atom. The molecule has 3 amide bonds. The van der Waals surface area contributed by atoms with Crippen molar-refractivity contribution in [1.82, 2.24) is 25.4 Å². The highest BCUT2D eigenvalue weighted by molar-refractivity contribution is 8.00. The number of piperidine rings is 1. The number of nitrogen functional groups attached to an aromatic ring is 1. The summed E-state index contributed by atoms with van der Waals surface area (Å²) < 4.78 is 5.43. The Morgan fingerprint density at radius 1 is 1.00 bits per heavy atom. The molecule has 5 N–H and O–H groups in total. The summed E-state index contributed by atoms with van der Waals surface area (Å²) in [5.74, 6) is -3.68. The van der Waals surface area contributed by atoms with Crippen LogP contribution in [0.2, 0.25) is 0 Å². The van der Waals surface area contributed by atoms with Crippen LogP contribution in [0.15, 0.2) is 137 Å². The summed E-state index contributed by atoms with van der Waals surface area (Å²) in [5, 5.41) is 22.0. The molecule has 1 aromatic heterocycles. The smallest absolute Gasteiger partial charge is 0.352 e. The van der Waals surface area contributed by atoms with Gasteiger partial charge < -0.3 is 35.9 Å². The van der Waals surface area contributed by atoms with Gasteiger partial charge in [0.05, 0.1) is 0 Å². The van der Waals surface area contributed by atoms with Gasteiger partial charge in [0.15, 0.2) is 10.8 Å². The molecule has 3 fully saturated rings. The Bertz CT molecular complexity index is 2390. The monoisotopic (exact) mass is 887 g/mol. The van der Waals surface area contributed by atoms with Crippen LogP contribution < -0.4 is 16.4 Å². The fourth-order valence-electron chi connectivity index (χ4n) is 8.56. The number of hydrogen-bond donors (Lipinski definition) is 4. The first-order chi connectivity index (χ1) is 30.6. The number of carbonyl (C=O) groups is 5. The quantitative estimate of drug-likeness (QED) is 0.0249. The van der Waals surface area contributed by atoms with Gasteiger partial charge in [0.2, 0.25) is 5.60 Å². The van der Waals surface area contributed by atoms with Gasteiger partial charge in [-0.1, -0.05) is 109 Å². The van der Waals surface area contributed by atoms with Crippen molar-refractivity contribution in [3.8, 4) is 0 Å². The highest BCUT2D eigenvalue weighted by Gasteiger charge is 2.55. The predicted octanol–water partition coefficient (Wildman–Crippen LogP) is 4.43. The van der Waals surface area contributed by atoms with Crippen molar-refractivity contribution in [3.63, 3.8) is 0 Å². The minimum Gasteiger partial charge on any atom is -0.477 e. The van der Waals surface area contributed by atoms with E-state index >= 15 is 0 Å². The minimum atomic E-state index is -1.36. The summed E-state index contributed by atoms with van der Waals surface area (Å²) in [6, 6.07) is 26.4. The van der Waals surface area contributed by atoms with Crippen molar-refractivity contribution < 1.29 is 38.7 Å². The maximum Gasteiger partial charge on any atom is 0.352 e. The van der Waals surface area contributed by atoms with E-state index in [0.717, 1.165) is 32.9 Å². The number of aromatic nitrogens is 1. The van der Waals surface area contributed by atoms with Crippen molar-refractivity contribution in [2.45, 2.75) is 42.3 Å². The van der Waals surface area contributed by atoms with Gasteiger partial charge in [0.1, 0.15) is 35.5 Å². The highest BCUT2D eigenvalue weighted by atomic mass is 32.2. The normalized spacial score (nSPS) is 20.5. The Morgan fingerprint density at radius 3 is 2.17 bits per heavy atom. The number of allylic oxidation sites excluding steroid dienone is 1. The lowest BCUT2D eigenvalue weighted by atomic mass is 9.80. The molecule has 3 atom stereocenters. The number of benzene rings is 3. The number of carboxylic acids is 1. The molecular formula is C46H45N7O8S2. The number of amides is 3. The number of aliphatic carboxylic acids is 1. The molecule has 4 aliphatic rings. The molecule has 0 spiro atoms. The summed E-state index contributed by atoms with van der Waals surface area (Å²) in [6.07, 6.45) is 4.65. The number of esters is 1. The van der Waals surface area contributed by atoms with Crippen molar-refractivity contribution in [2.24, 2.45) is 11.1 Å². The molecule has 4 aromatic rings. The van der Waals surface area contributed by atoms with Gasteiger partial charge in [-0.2, -0.15) is 0 Å². The first-order valence-corrected chi connectivity index (χ1v) is 22.4. The third kappa shape index (κ3) is 8.50. The third-order valence-electron chi connectivity index (χ3n) is 11.5. The molecule has 324 valence electrons. The number of nitrogens with one attached hydrogen (secondary N) is 2. The molecule has 4 aliphatic heterocycles. The molecule has 0 aliphatic carbocycles.